The normalized spacial score (nSPS) is 11.3. The molecule has 0 bridgehead atoms. The highest BCUT2D eigenvalue weighted by atomic mass is 15.1. The SMILES string of the molecule is CN(C)c1ccccc1NCC(C)(C)C. The molecule has 0 aliphatic heterocycles. The summed E-state index contributed by atoms with van der Waals surface area (Å²) in [5, 5.41) is 3.49. The Balaban J connectivity index is 2.76. The average Bonchev–Trinajstić information content (AvgIpc) is 2.14. The van der Waals surface area contributed by atoms with Crippen LogP contribution in [0.5, 0.6) is 0 Å². The summed E-state index contributed by atoms with van der Waals surface area (Å²) < 4.78 is 0. The maximum atomic E-state index is 3.49. The van der Waals surface area contributed by atoms with Gasteiger partial charge < -0.3 is 10.2 Å². The highest BCUT2D eigenvalue weighted by Crippen LogP contribution is 2.25. The van der Waals surface area contributed by atoms with Crippen molar-refractivity contribution >= 4 is 11.4 Å². The molecule has 0 aliphatic carbocycles. The molecule has 0 radical (unpaired) electrons. The first-order valence-corrected chi connectivity index (χ1v) is 5.40. The van der Waals surface area contributed by atoms with Gasteiger partial charge in [-0.25, -0.2) is 0 Å². The van der Waals surface area contributed by atoms with Crippen molar-refractivity contribution < 1.29 is 0 Å². The lowest BCUT2D eigenvalue weighted by Gasteiger charge is -2.23. The van der Waals surface area contributed by atoms with E-state index in [1.54, 1.807) is 0 Å². The fourth-order valence-corrected chi connectivity index (χ4v) is 1.37. The topological polar surface area (TPSA) is 15.3 Å². The van der Waals surface area contributed by atoms with Gasteiger partial charge in [0.05, 0.1) is 11.4 Å². The molecule has 84 valence electrons. The van der Waals surface area contributed by atoms with Crippen molar-refractivity contribution in [1.29, 1.82) is 0 Å². The summed E-state index contributed by atoms with van der Waals surface area (Å²) in [6, 6.07) is 8.39. The van der Waals surface area contributed by atoms with Gasteiger partial charge in [-0.1, -0.05) is 32.9 Å². The van der Waals surface area contributed by atoms with Crippen LogP contribution in [0.1, 0.15) is 20.8 Å². The second kappa shape index (κ2) is 4.56. The molecule has 0 aliphatic rings. The van der Waals surface area contributed by atoms with Gasteiger partial charge >= 0.3 is 0 Å². The van der Waals surface area contributed by atoms with E-state index in [0.29, 0.717) is 5.41 Å². The molecular weight excluding hydrogens is 184 g/mol. The van der Waals surface area contributed by atoms with E-state index in [1.165, 1.54) is 11.4 Å². The molecule has 1 N–H and O–H groups in total. The number of rotatable bonds is 3. The first kappa shape index (κ1) is 11.9. The summed E-state index contributed by atoms with van der Waals surface area (Å²) in [4.78, 5) is 2.13. The van der Waals surface area contributed by atoms with E-state index >= 15 is 0 Å². The zero-order valence-electron chi connectivity index (χ0n) is 10.5. The Kier molecular flexibility index (Phi) is 3.61. The monoisotopic (exact) mass is 206 g/mol. The van der Waals surface area contributed by atoms with Crippen LogP contribution in [0.25, 0.3) is 0 Å². The second-order valence-electron chi connectivity index (χ2n) is 5.33. The number of hydrogen-bond donors (Lipinski definition) is 1. The van der Waals surface area contributed by atoms with Gasteiger partial charge in [-0.15, -0.1) is 0 Å². The Morgan fingerprint density at radius 3 is 2.27 bits per heavy atom. The zero-order chi connectivity index (χ0) is 11.5. The largest absolute Gasteiger partial charge is 0.383 e. The fraction of sp³-hybridized carbons (Fsp3) is 0.538. The minimum Gasteiger partial charge on any atom is -0.383 e. The number of nitrogens with zero attached hydrogens (tertiary/aromatic N) is 1. The van der Waals surface area contributed by atoms with Crippen LogP contribution in [0, 0.1) is 5.41 Å². The number of nitrogens with one attached hydrogen (secondary N) is 1. The standard InChI is InChI=1S/C13H22N2/c1-13(2,3)10-14-11-8-6-7-9-12(11)15(4)5/h6-9,14H,10H2,1-5H3. The van der Waals surface area contributed by atoms with Crippen LogP contribution in [-0.2, 0) is 0 Å². The van der Waals surface area contributed by atoms with E-state index in [4.69, 9.17) is 0 Å². The molecule has 0 saturated carbocycles. The molecule has 0 aromatic heterocycles. The number of anilines is 2. The summed E-state index contributed by atoms with van der Waals surface area (Å²) in [7, 11) is 4.13. The Labute approximate surface area is 93.3 Å². The lowest BCUT2D eigenvalue weighted by Crippen LogP contribution is -2.20. The Hall–Kier alpha value is -1.18. The summed E-state index contributed by atoms with van der Waals surface area (Å²) >= 11 is 0. The molecule has 0 saturated heterocycles. The average molecular weight is 206 g/mol. The molecule has 0 unspecified atom stereocenters. The quantitative estimate of drug-likeness (QED) is 0.817. The summed E-state index contributed by atoms with van der Waals surface area (Å²) in [5.74, 6) is 0. The van der Waals surface area contributed by atoms with Gasteiger partial charge in [-0.05, 0) is 17.5 Å². The molecule has 1 aromatic carbocycles. The Bertz CT molecular complexity index is 311. The van der Waals surface area contributed by atoms with Gasteiger partial charge in [0.1, 0.15) is 0 Å². The first-order chi connectivity index (χ1) is 6.90. The van der Waals surface area contributed by atoms with Crippen molar-refractivity contribution in [3.8, 4) is 0 Å². The number of para-hydroxylation sites is 2. The van der Waals surface area contributed by atoms with E-state index in [-0.39, 0.29) is 0 Å². The minimum atomic E-state index is 0.305. The molecule has 2 heteroatoms. The van der Waals surface area contributed by atoms with Gasteiger partial charge in [0.2, 0.25) is 0 Å². The van der Waals surface area contributed by atoms with Crippen LogP contribution in [-0.4, -0.2) is 20.6 Å². The second-order valence-corrected chi connectivity index (χ2v) is 5.33. The Morgan fingerprint density at radius 2 is 1.73 bits per heavy atom. The van der Waals surface area contributed by atoms with Gasteiger partial charge in [-0.2, -0.15) is 0 Å². The molecule has 0 amide bonds. The van der Waals surface area contributed by atoms with Gasteiger partial charge in [0, 0.05) is 20.6 Å². The lowest BCUT2D eigenvalue weighted by atomic mass is 9.97. The molecule has 1 rings (SSSR count). The molecular formula is C13H22N2. The van der Waals surface area contributed by atoms with Crippen LogP contribution >= 0.6 is 0 Å². The van der Waals surface area contributed by atoms with E-state index in [1.807, 2.05) is 0 Å². The van der Waals surface area contributed by atoms with Crippen molar-refractivity contribution in [2.45, 2.75) is 20.8 Å². The number of benzene rings is 1. The molecule has 2 nitrogen and oxygen atoms in total. The van der Waals surface area contributed by atoms with Crippen molar-refractivity contribution in [3.63, 3.8) is 0 Å². The third kappa shape index (κ3) is 3.82. The van der Waals surface area contributed by atoms with E-state index < -0.39 is 0 Å². The fourth-order valence-electron chi connectivity index (χ4n) is 1.37. The van der Waals surface area contributed by atoms with E-state index in [2.05, 4.69) is 69.3 Å². The van der Waals surface area contributed by atoms with Crippen LogP contribution < -0.4 is 10.2 Å². The molecule has 1 aromatic rings. The van der Waals surface area contributed by atoms with Crippen molar-refractivity contribution in [3.05, 3.63) is 24.3 Å². The maximum absolute atomic E-state index is 3.49. The molecule has 0 fully saturated rings. The third-order valence-electron chi connectivity index (χ3n) is 2.20. The summed E-state index contributed by atoms with van der Waals surface area (Å²) in [6.45, 7) is 7.69. The summed E-state index contributed by atoms with van der Waals surface area (Å²) in [5.41, 5.74) is 2.75. The molecule has 15 heavy (non-hydrogen) atoms. The predicted octanol–water partition coefficient (Wildman–Crippen LogP) is 3.21. The first-order valence-electron chi connectivity index (χ1n) is 5.40. The van der Waals surface area contributed by atoms with Crippen LogP contribution in [0.15, 0.2) is 24.3 Å². The highest BCUT2D eigenvalue weighted by molar-refractivity contribution is 5.69. The van der Waals surface area contributed by atoms with Gasteiger partial charge in [0.25, 0.3) is 0 Å². The third-order valence-corrected chi connectivity index (χ3v) is 2.20. The van der Waals surface area contributed by atoms with Crippen molar-refractivity contribution in [1.82, 2.24) is 0 Å². The van der Waals surface area contributed by atoms with Gasteiger partial charge in [0.15, 0.2) is 0 Å². The smallest absolute Gasteiger partial charge is 0.0596 e. The summed E-state index contributed by atoms with van der Waals surface area (Å²) in [6.07, 6.45) is 0. The van der Waals surface area contributed by atoms with Gasteiger partial charge in [-0.3, -0.25) is 0 Å². The van der Waals surface area contributed by atoms with Crippen LogP contribution in [0.4, 0.5) is 11.4 Å². The zero-order valence-corrected chi connectivity index (χ0v) is 10.5. The van der Waals surface area contributed by atoms with Crippen molar-refractivity contribution in [2.75, 3.05) is 30.9 Å². The predicted molar refractivity (Wildman–Crippen MR) is 68.7 cm³/mol. The lowest BCUT2D eigenvalue weighted by molar-refractivity contribution is 0.443. The van der Waals surface area contributed by atoms with E-state index in [9.17, 15) is 0 Å². The van der Waals surface area contributed by atoms with E-state index in [0.717, 1.165) is 6.54 Å². The highest BCUT2D eigenvalue weighted by Gasteiger charge is 2.11. The molecule has 0 spiro atoms. The minimum absolute atomic E-state index is 0.305. The maximum Gasteiger partial charge on any atom is 0.0596 e. The molecule has 0 heterocycles. The van der Waals surface area contributed by atoms with Crippen molar-refractivity contribution in [2.24, 2.45) is 5.41 Å². The van der Waals surface area contributed by atoms with Crippen LogP contribution in [0.3, 0.4) is 0 Å². The molecule has 0 atom stereocenters. The Morgan fingerprint density at radius 1 is 1.13 bits per heavy atom. The van der Waals surface area contributed by atoms with Crippen LogP contribution in [0.2, 0.25) is 0 Å². The number of hydrogen-bond acceptors (Lipinski definition) is 2.